The molecule has 2 aromatic rings. The van der Waals surface area contributed by atoms with Gasteiger partial charge in [-0.2, -0.15) is 5.10 Å². The number of nitrogens with zero attached hydrogens (tertiary/aromatic N) is 3. The lowest BCUT2D eigenvalue weighted by atomic mass is 10.2. The van der Waals surface area contributed by atoms with Crippen molar-refractivity contribution in [3.63, 3.8) is 0 Å². The average molecular weight is 381 g/mol. The monoisotopic (exact) mass is 379 g/mol. The number of hydrogen-bond acceptors (Lipinski definition) is 4. The quantitative estimate of drug-likeness (QED) is 0.890. The molecule has 0 spiro atoms. The third-order valence-electron chi connectivity index (χ3n) is 2.44. The standard InChI is InChI=1S/C10H11Br2N3OS/c1-3-5-4-6(15(2)14-5)7(16)8-9(11)13-10(12)17-8/h4,7,16H,3H2,1-2H3. The molecule has 4 nitrogen and oxygen atoms in total. The summed E-state index contributed by atoms with van der Waals surface area (Å²) in [5.74, 6) is 0. The van der Waals surface area contributed by atoms with Gasteiger partial charge in [-0.15, -0.1) is 11.3 Å². The molecule has 0 amide bonds. The van der Waals surface area contributed by atoms with Gasteiger partial charge in [0.1, 0.15) is 10.7 Å². The highest BCUT2D eigenvalue weighted by Gasteiger charge is 2.21. The molecule has 0 radical (unpaired) electrons. The Balaban J connectivity index is 2.39. The van der Waals surface area contributed by atoms with Crippen molar-refractivity contribution in [1.29, 1.82) is 0 Å². The SMILES string of the molecule is CCc1cc(C(O)c2sc(Br)nc2Br)n(C)n1. The Morgan fingerprint density at radius 2 is 2.24 bits per heavy atom. The molecule has 0 aliphatic carbocycles. The third kappa shape index (κ3) is 2.62. The molecule has 2 aromatic heterocycles. The summed E-state index contributed by atoms with van der Waals surface area (Å²) in [4.78, 5) is 4.96. The van der Waals surface area contributed by atoms with Crippen molar-refractivity contribution in [2.24, 2.45) is 7.05 Å². The van der Waals surface area contributed by atoms with E-state index in [1.165, 1.54) is 11.3 Å². The maximum Gasteiger partial charge on any atom is 0.160 e. The topological polar surface area (TPSA) is 50.9 Å². The average Bonchev–Trinajstić information content (AvgIpc) is 2.81. The first-order valence-corrected chi connectivity index (χ1v) is 7.45. The summed E-state index contributed by atoms with van der Waals surface area (Å²) < 4.78 is 3.13. The van der Waals surface area contributed by atoms with Crippen LogP contribution in [0.4, 0.5) is 0 Å². The number of halogens is 2. The number of rotatable bonds is 3. The van der Waals surface area contributed by atoms with Gasteiger partial charge < -0.3 is 5.11 Å². The van der Waals surface area contributed by atoms with Crippen molar-refractivity contribution in [1.82, 2.24) is 14.8 Å². The van der Waals surface area contributed by atoms with E-state index >= 15 is 0 Å². The van der Waals surface area contributed by atoms with Crippen LogP contribution in [0.3, 0.4) is 0 Å². The molecule has 17 heavy (non-hydrogen) atoms. The molecule has 0 saturated carbocycles. The molecule has 0 aliphatic rings. The van der Waals surface area contributed by atoms with Gasteiger partial charge in [0.2, 0.25) is 0 Å². The number of hydrogen-bond donors (Lipinski definition) is 1. The molecule has 2 heterocycles. The second-order valence-corrected chi connectivity index (χ2v) is 6.62. The van der Waals surface area contributed by atoms with Gasteiger partial charge in [0, 0.05) is 7.05 Å². The van der Waals surface area contributed by atoms with Gasteiger partial charge in [-0.05, 0) is 44.3 Å². The molecule has 92 valence electrons. The van der Waals surface area contributed by atoms with E-state index in [9.17, 15) is 5.11 Å². The van der Waals surface area contributed by atoms with Crippen molar-refractivity contribution in [2.75, 3.05) is 0 Å². The molecule has 0 fully saturated rings. The van der Waals surface area contributed by atoms with Crippen molar-refractivity contribution in [3.8, 4) is 0 Å². The summed E-state index contributed by atoms with van der Waals surface area (Å²) in [6.07, 6.45) is 0.152. The first-order chi connectivity index (χ1) is 8.02. The number of aryl methyl sites for hydroxylation is 2. The Bertz CT molecular complexity index is 538. The van der Waals surface area contributed by atoms with Gasteiger partial charge in [0.15, 0.2) is 3.92 Å². The van der Waals surface area contributed by atoms with Crippen LogP contribution in [0.1, 0.15) is 29.3 Å². The number of aliphatic hydroxyl groups is 1. The molecule has 7 heteroatoms. The summed E-state index contributed by atoms with van der Waals surface area (Å²) in [5, 5.41) is 14.7. The Kier molecular flexibility index (Phi) is 4.02. The van der Waals surface area contributed by atoms with Crippen molar-refractivity contribution >= 4 is 43.2 Å². The molecule has 2 rings (SSSR count). The van der Waals surface area contributed by atoms with E-state index in [0.717, 1.165) is 26.6 Å². The van der Waals surface area contributed by atoms with E-state index in [1.807, 2.05) is 20.0 Å². The van der Waals surface area contributed by atoms with Crippen LogP contribution in [0, 0.1) is 0 Å². The minimum absolute atomic E-state index is 0.668. The summed E-state index contributed by atoms with van der Waals surface area (Å²) in [6, 6.07) is 1.92. The van der Waals surface area contributed by atoms with Crippen molar-refractivity contribution in [3.05, 3.63) is 30.9 Å². The summed E-state index contributed by atoms with van der Waals surface area (Å²) in [6.45, 7) is 2.04. The number of thiazole rings is 1. The minimum Gasteiger partial charge on any atom is -0.381 e. The lowest BCUT2D eigenvalue weighted by molar-refractivity contribution is 0.212. The van der Waals surface area contributed by atoms with E-state index in [-0.39, 0.29) is 0 Å². The minimum atomic E-state index is -0.703. The molecule has 1 unspecified atom stereocenters. The van der Waals surface area contributed by atoms with E-state index in [1.54, 1.807) is 4.68 Å². The first kappa shape index (κ1) is 13.2. The van der Waals surface area contributed by atoms with E-state index in [0.29, 0.717) is 4.60 Å². The Morgan fingerprint density at radius 3 is 2.71 bits per heavy atom. The number of aliphatic hydroxyl groups excluding tert-OH is 1. The molecule has 1 N–H and O–H groups in total. The second-order valence-electron chi connectivity index (χ2n) is 3.56. The molecular weight excluding hydrogens is 370 g/mol. The van der Waals surface area contributed by atoms with Crippen molar-refractivity contribution < 1.29 is 5.11 Å². The Morgan fingerprint density at radius 1 is 1.53 bits per heavy atom. The van der Waals surface area contributed by atoms with Crippen LogP contribution in [0.5, 0.6) is 0 Å². The zero-order valence-corrected chi connectivity index (χ0v) is 13.3. The Labute approximate surface area is 120 Å². The lowest BCUT2D eigenvalue weighted by Gasteiger charge is -2.08. The van der Waals surface area contributed by atoms with Gasteiger partial charge in [0.05, 0.1) is 16.3 Å². The van der Waals surface area contributed by atoms with Crippen molar-refractivity contribution in [2.45, 2.75) is 19.4 Å². The first-order valence-electron chi connectivity index (χ1n) is 5.05. The maximum atomic E-state index is 10.3. The highest BCUT2D eigenvalue weighted by molar-refractivity contribution is 9.11. The predicted molar refractivity (Wildman–Crippen MR) is 74.2 cm³/mol. The fraction of sp³-hybridized carbons (Fsp3) is 0.400. The smallest absolute Gasteiger partial charge is 0.160 e. The summed E-state index contributed by atoms with van der Waals surface area (Å²) >= 11 is 8.06. The van der Waals surface area contributed by atoms with Crippen LogP contribution >= 0.6 is 43.2 Å². The molecule has 0 aliphatic heterocycles. The summed E-state index contributed by atoms with van der Waals surface area (Å²) in [5.41, 5.74) is 1.75. The lowest BCUT2D eigenvalue weighted by Crippen LogP contribution is -2.05. The van der Waals surface area contributed by atoms with Crippen LogP contribution in [0.2, 0.25) is 0 Å². The zero-order chi connectivity index (χ0) is 12.6. The molecule has 0 aromatic carbocycles. The van der Waals surface area contributed by atoms with Gasteiger partial charge in [-0.3, -0.25) is 4.68 Å². The van der Waals surface area contributed by atoms with Crippen LogP contribution < -0.4 is 0 Å². The van der Waals surface area contributed by atoms with E-state index in [2.05, 4.69) is 41.9 Å². The fourth-order valence-corrected chi connectivity index (χ4v) is 3.94. The third-order valence-corrected chi connectivity index (χ3v) is 4.87. The molecule has 1 atom stereocenters. The van der Waals surface area contributed by atoms with Crippen LogP contribution in [-0.2, 0) is 13.5 Å². The van der Waals surface area contributed by atoms with Crippen LogP contribution in [0.25, 0.3) is 0 Å². The highest BCUT2D eigenvalue weighted by Crippen LogP contribution is 2.35. The van der Waals surface area contributed by atoms with Gasteiger partial charge in [0.25, 0.3) is 0 Å². The number of aromatic nitrogens is 3. The normalized spacial score (nSPS) is 13.0. The van der Waals surface area contributed by atoms with E-state index in [4.69, 9.17) is 0 Å². The van der Waals surface area contributed by atoms with Gasteiger partial charge in [-0.1, -0.05) is 6.92 Å². The molecule has 0 bridgehead atoms. The second kappa shape index (κ2) is 5.17. The van der Waals surface area contributed by atoms with E-state index < -0.39 is 6.10 Å². The highest BCUT2D eigenvalue weighted by atomic mass is 79.9. The Hall–Kier alpha value is -0.240. The predicted octanol–water partition coefficient (Wildman–Crippen LogP) is 3.05. The van der Waals surface area contributed by atoms with Gasteiger partial charge >= 0.3 is 0 Å². The largest absolute Gasteiger partial charge is 0.381 e. The zero-order valence-electron chi connectivity index (χ0n) is 9.31. The fourth-order valence-electron chi connectivity index (χ4n) is 1.56. The molecule has 0 saturated heterocycles. The van der Waals surface area contributed by atoms with Gasteiger partial charge in [-0.25, -0.2) is 4.98 Å². The molecular formula is C10H11Br2N3OS. The van der Waals surface area contributed by atoms with Crippen LogP contribution in [-0.4, -0.2) is 19.9 Å². The maximum absolute atomic E-state index is 10.3. The summed E-state index contributed by atoms with van der Waals surface area (Å²) in [7, 11) is 1.84. The van der Waals surface area contributed by atoms with Crippen LogP contribution in [0.15, 0.2) is 14.6 Å².